The maximum Gasteiger partial charge on any atom is 0.0425 e. The zero-order valence-corrected chi connectivity index (χ0v) is 12.7. The van der Waals surface area contributed by atoms with E-state index in [0.29, 0.717) is 0 Å². The van der Waals surface area contributed by atoms with Gasteiger partial charge in [0.25, 0.3) is 0 Å². The fourth-order valence-electron chi connectivity index (χ4n) is 3.20. The van der Waals surface area contributed by atoms with Crippen molar-refractivity contribution in [3.8, 4) is 0 Å². The van der Waals surface area contributed by atoms with E-state index in [1.807, 2.05) is 11.3 Å². The Labute approximate surface area is 128 Å². The first-order valence-corrected chi connectivity index (χ1v) is 8.03. The molecule has 0 saturated carbocycles. The second-order valence-corrected chi connectivity index (χ2v) is 7.03. The van der Waals surface area contributed by atoms with Crippen molar-refractivity contribution in [1.29, 1.82) is 0 Å². The van der Waals surface area contributed by atoms with Crippen molar-refractivity contribution < 1.29 is 0 Å². The third-order valence-corrected chi connectivity index (χ3v) is 5.42. The zero-order valence-electron chi connectivity index (χ0n) is 11.9. The van der Waals surface area contributed by atoms with E-state index >= 15 is 0 Å². The van der Waals surface area contributed by atoms with Crippen LogP contribution >= 0.6 is 11.3 Å². The van der Waals surface area contributed by atoms with Crippen LogP contribution in [0.3, 0.4) is 0 Å². The first-order chi connectivity index (χ1) is 10.1. The minimum Gasteiger partial charge on any atom is -0.321 e. The molecule has 0 spiro atoms. The molecule has 21 heavy (non-hydrogen) atoms. The zero-order chi connectivity index (χ0) is 14.4. The molecule has 104 valence electrons. The van der Waals surface area contributed by atoms with Gasteiger partial charge in [-0.05, 0) is 23.8 Å². The van der Waals surface area contributed by atoms with Crippen LogP contribution in [0.2, 0.25) is 0 Å². The topological polar surface area (TPSA) is 26.0 Å². The molecule has 1 aliphatic rings. The molecule has 1 aliphatic carbocycles. The fraction of sp³-hybridized carbons (Fsp3) is 0.158. The Morgan fingerprint density at radius 1 is 1.00 bits per heavy atom. The van der Waals surface area contributed by atoms with Gasteiger partial charge in [-0.15, -0.1) is 11.3 Å². The Bertz CT molecular complexity index is 919. The van der Waals surface area contributed by atoms with Crippen LogP contribution < -0.4 is 15.5 Å². The summed E-state index contributed by atoms with van der Waals surface area (Å²) in [5.74, 6) is 0.222. The van der Waals surface area contributed by atoms with Crippen molar-refractivity contribution in [2.24, 2.45) is 5.73 Å². The molecule has 2 unspecified atom stereocenters. The molecule has 4 rings (SSSR count). The normalized spacial score (nSPS) is 24.2. The average Bonchev–Trinajstić information content (AvgIpc) is 2.84. The molecule has 0 fully saturated rings. The van der Waals surface area contributed by atoms with Crippen LogP contribution in [0, 0.1) is 0 Å². The first-order valence-electron chi connectivity index (χ1n) is 7.21. The molecule has 1 nitrogen and oxygen atoms in total. The molecule has 2 N–H and O–H groups in total. The van der Waals surface area contributed by atoms with E-state index in [1.165, 1.54) is 25.4 Å². The number of benzene rings is 2. The summed E-state index contributed by atoms with van der Waals surface area (Å²) < 4.78 is 2.67. The lowest BCUT2D eigenvalue weighted by molar-refractivity contribution is 0.569. The van der Waals surface area contributed by atoms with E-state index in [1.54, 1.807) is 0 Å². The molecule has 0 bridgehead atoms. The molecule has 2 atom stereocenters. The van der Waals surface area contributed by atoms with Gasteiger partial charge in [-0.2, -0.15) is 0 Å². The van der Waals surface area contributed by atoms with Crippen LogP contribution in [0.1, 0.15) is 18.4 Å². The average molecular weight is 291 g/mol. The number of hydrogen-bond acceptors (Lipinski definition) is 2. The van der Waals surface area contributed by atoms with E-state index in [4.69, 9.17) is 5.73 Å². The largest absolute Gasteiger partial charge is 0.321 e. The lowest BCUT2D eigenvalue weighted by Gasteiger charge is -2.31. The second-order valence-electron chi connectivity index (χ2n) is 5.94. The molecule has 2 aromatic carbocycles. The summed E-state index contributed by atoms with van der Waals surface area (Å²) in [6.45, 7) is 2.12. The summed E-state index contributed by atoms with van der Waals surface area (Å²) in [5.41, 5.74) is 7.55. The monoisotopic (exact) mass is 291 g/mol. The fourth-order valence-corrected chi connectivity index (χ4v) is 4.36. The second kappa shape index (κ2) is 4.55. The maximum absolute atomic E-state index is 6.64. The predicted molar refractivity (Wildman–Crippen MR) is 91.8 cm³/mol. The lowest BCUT2D eigenvalue weighted by Crippen LogP contribution is -2.46. The molecular weight excluding hydrogens is 274 g/mol. The van der Waals surface area contributed by atoms with E-state index in [0.717, 1.165) is 0 Å². The van der Waals surface area contributed by atoms with Gasteiger partial charge in [0.15, 0.2) is 0 Å². The van der Waals surface area contributed by atoms with E-state index in [2.05, 4.69) is 73.7 Å². The summed E-state index contributed by atoms with van der Waals surface area (Å²) in [4.78, 5) is 0. The third-order valence-electron chi connectivity index (χ3n) is 4.26. The van der Waals surface area contributed by atoms with E-state index in [-0.39, 0.29) is 11.5 Å². The lowest BCUT2D eigenvalue weighted by atomic mass is 9.78. The Morgan fingerprint density at radius 2 is 1.71 bits per heavy atom. The van der Waals surface area contributed by atoms with E-state index < -0.39 is 0 Å². The van der Waals surface area contributed by atoms with Gasteiger partial charge in [-0.3, -0.25) is 0 Å². The Hall–Kier alpha value is -1.90. The smallest absolute Gasteiger partial charge is 0.0425 e. The van der Waals surface area contributed by atoms with Crippen LogP contribution in [-0.2, 0) is 0 Å². The first kappa shape index (κ1) is 12.8. The summed E-state index contributed by atoms with van der Waals surface area (Å²) in [7, 11) is 0. The van der Waals surface area contributed by atoms with Gasteiger partial charge in [0.1, 0.15) is 0 Å². The van der Waals surface area contributed by atoms with Crippen LogP contribution in [0.25, 0.3) is 22.2 Å². The summed E-state index contributed by atoms with van der Waals surface area (Å²) in [6.07, 6.45) is 4.59. The standard InChI is InChI=1S/C19H17NS/c1-19(20)12-15-14-9-5-6-10-17(14)21-18(15)11-16(19)13-7-3-2-4-8-13/h2-12,16H,20H2,1H3. The predicted octanol–water partition coefficient (Wildman–Crippen LogP) is 2.98. The number of fused-ring (bicyclic) bond motifs is 3. The van der Waals surface area contributed by atoms with Gasteiger partial charge >= 0.3 is 0 Å². The molecule has 0 amide bonds. The maximum atomic E-state index is 6.64. The third kappa shape index (κ3) is 2.03. The van der Waals surface area contributed by atoms with Crippen molar-refractivity contribution in [1.82, 2.24) is 0 Å². The summed E-state index contributed by atoms with van der Waals surface area (Å²) in [5, 5.41) is 2.62. The number of rotatable bonds is 1. The Balaban J connectivity index is 2.02. The van der Waals surface area contributed by atoms with Gasteiger partial charge in [0, 0.05) is 26.1 Å². The SMILES string of the molecule is CC1(N)C=c2c(sc3ccccc23)=CC1c1ccccc1. The van der Waals surface area contributed by atoms with Crippen LogP contribution in [0.4, 0.5) is 0 Å². The number of hydrogen-bond donors (Lipinski definition) is 1. The molecule has 1 heterocycles. The van der Waals surface area contributed by atoms with Gasteiger partial charge < -0.3 is 5.73 Å². The van der Waals surface area contributed by atoms with Gasteiger partial charge in [-0.25, -0.2) is 0 Å². The van der Waals surface area contributed by atoms with Crippen LogP contribution in [0.15, 0.2) is 54.6 Å². The molecule has 0 radical (unpaired) electrons. The molecule has 2 heteroatoms. The molecule has 1 aromatic heterocycles. The van der Waals surface area contributed by atoms with Gasteiger partial charge in [-0.1, -0.05) is 60.7 Å². The highest BCUT2D eigenvalue weighted by Crippen LogP contribution is 2.31. The van der Waals surface area contributed by atoms with Gasteiger partial charge in [0.2, 0.25) is 0 Å². The molecule has 3 aromatic rings. The highest BCUT2D eigenvalue weighted by Gasteiger charge is 2.30. The minimum atomic E-state index is -0.363. The van der Waals surface area contributed by atoms with Crippen molar-refractivity contribution in [2.45, 2.75) is 18.4 Å². The highest BCUT2D eigenvalue weighted by atomic mass is 32.1. The van der Waals surface area contributed by atoms with Crippen molar-refractivity contribution in [2.75, 3.05) is 0 Å². The summed E-state index contributed by atoms with van der Waals surface area (Å²) >= 11 is 1.86. The number of thiophene rings is 1. The van der Waals surface area contributed by atoms with Crippen molar-refractivity contribution in [3.05, 3.63) is 69.9 Å². The summed E-state index contributed by atoms with van der Waals surface area (Å²) in [6, 6.07) is 19.1. The quantitative estimate of drug-likeness (QED) is 0.733. The van der Waals surface area contributed by atoms with Gasteiger partial charge in [0.05, 0.1) is 0 Å². The highest BCUT2D eigenvalue weighted by molar-refractivity contribution is 7.17. The van der Waals surface area contributed by atoms with E-state index in [9.17, 15) is 0 Å². The minimum absolute atomic E-state index is 0.222. The van der Waals surface area contributed by atoms with Crippen LogP contribution in [-0.4, -0.2) is 5.54 Å². The van der Waals surface area contributed by atoms with Crippen molar-refractivity contribution >= 4 is 33.6 Å². The molecule has 0 aliphatic heterocycles. The van der Waals surface area contributed by atoms with Crippen molar-refractivity contribution in [3.63, 3.8) is 0 Å². The Morgan fingerprint density at radius 3 is 2.52 bits per heavy atom. The Kier molecular flexibility index (Phi) is 2.78. The molecule has 0 saturated heterocycles. The molecular formula is C19H17NS. The number of nitrogens with two attached hydrogens (primary N) is 1. The van der Waals surface area contributed by atoms with Crippen LogP contribution in [0.5, 0.6) is 0 Å².